The molecule has 1 atom stereocenters. The Hall–Kier alpha value is -1.43. The fraction of sp³-hybridized carbons (Fsp3) is 0.786. The minimum atomic E-state index is -0.215. The van der Waals surface area contributed by atoms with Gasteiger partial charge in [-0.25, -0.2) is 0 Å². The first-order chi connectivity index (χ1) is 9.59. The zero-order valence-corrected chi connectivity index (χ0v) is 12.6. The Bertz CT molecular complexity index is 445. The Kier molecular flexibility index (Phi) is 4.75. The molecule has 20 heavy (non-hydrogen) atoms. The first-order valence-corrected chi connectivity index (χ1v) is 7.44. The van der Waals surface area contributed by atoms with Gasteiger partial charge in [-0.2, -0.15) is 0 Å². The number of nitrogens with zero attached hydrogens (tertiary/aromatic N) is 3. The number of hydrogen-bond acceptors (Lipinski definition) is 4. The van der Waals surface area contributed by atoms with Gasteiger partial charge in [-0.3, -0.25) is 4.79 Å². The van der Waals surface area contributed by atoms with Crippen LogP contribution in [0.2, 0.25) is 0 Å². The number of carbonyl (C=O) groups is 1. The van der Waals surface area contributed by atoms with Gasteiger partial charge in [-0.05, 0) is 39.3 Å². The number of amides is 1. The zero-order chi connectivity index (χ0) is 14.6. The van der Waals surface area contributed by atoms with Gasteiger partial charge in [0, 0.05) is 7.05 Å². The summed E-state index contributed by atoms with van der Waals surface area (Å²) >= 11 is 0. The molecule has 2 N–H and O–H groups in total. The predicted octanol–water partition coefficient (Wildman–Crippen LogP) is 1.16. The number of rotatable bonds is 5. The maximum Gasteiger partial charge on any atom is 0.226 e. The average molecular weight is 279 g/mol. The molecule has 0 saturated carbocycles. The lowest BCUT2D eigenvalue weighted by Gasteiger charge is -2.36. The average Bonchev–Trinajstić information content (AvgIpc) is 2.86. The summed E-state index contributed by atoms with van der Waals surface area (Å²) in [6.45, 7) is 5.95. The van der Waals surface area contributed by atoms with E-state index in [1.807, 2.05) is 18.5 Å². The normalized spacial score (nSPS) is 19.6. The molecule has 1 fully saturated rings. The highest BCUT2D eigenvalue weighted by molar-refractivity contribution is 5.83. The van der Waals surface area contributed by atoms with Gasteiger partial charge in [-0.15, -0.1) is 10.2 Å². The molecule has 0 spiro atoms. The maximum atomic E-state index is 12.7. The lowest BCUT2D eigenvalue weighted by molar-refractivity contribution is -0.134. The summed E-state index contributed by atoms with van der Waals surface area (Å²) in [6, 6.07) is -0.112. The Morgan fingerprint density at radius 1 is 1.55 bits per heavy atom. The van der Waals surface area contributed by atoms with E-state index in [-0.39, 0.29) is 17.4 Å². The van der Waals surface area contributed by atoms with Crippen LogP contribution in [0.25, 0.3) is 0 Å². The lowest BCUT2D eigenvalue weighted by atomic mass is 9.74. The predicted molar refractivity (Wildman–Crippen MR) is 77.0 cm³/mol. The lowest BCUT2D eigenvalue weighted by Crippen LogP contribution is -2.48. The molecular weight excluding hydrogens is 254 g/mol. The minimum absolute atomic E-state index is 0.112. The van der Waals surface area contributed by atoms with Crippen molar-refractivity contribution < 1.29 is 4.79 Å². The molecule has 0 aliphatic carbocycles. The Morgan fingerprint density at radius 3 is 2.80 bits per heavy atom. The van der Waals surface area contributed by atoms with Crippen molar-refractivity contribution in [3.05, 3.63) is 12.2 Å². The molecule has 1 aromatic rings. The van der Waals surface area contributed by atoms with Crippen molar-refractivity contribution in [2.45, 2.75) is 45.6 Å². The van der Waals surface area contributed by atoms with Crippen LogP contribution in [-0.2, 0) is 11.8 Å². The Labute approximate surface area is 120 Å². The summed E-state index contributed by atoms with van der Waals surface area (Å²) in [4.78, 5) is 12.7. The maximum absolute atomic E-state index is 12.7. The molecule has 2 heterocycles. The van der Waals surface area contributed by atoms with Gasteiger partial charge in [-0.1, -0.05) is 13.3 Å². The molecule has 112 valence electrons. The van der Waals surface area contributed by atoms with Crippen LogP contribution in [0, 0.1) is 5.41 Å². The zero-order valence-electron chi connectivity index (χ0n) is 12.6. The monoisotopic (exact) mass is 279 g/mol. The fourth-order valence-electron chi connectivity index (χ4n) is 3.07. The molecule has 1 aliphatic rings. The van der Waals surface area contributed by atoms with E-state index < -0.39 is 0 Å². The van der Waals surface area contributed by atoms with Gasteiger partial charge in [0.1, 0.15) is 6.33 Å². The number of carbonyl (C=O) groups excluding carboxylic acids is 1. The molecule has 1 aliphatic heterocycles. The largest absolute Gasteiger partial charge is 0.346 e. The van der Waals surface area contributed by atoms with Gasteiger partial charge in [0.25, 0.3) is 0 Å². The summed E-state index contributed by atoms with van der Waals surface area (Å²) < 4.78 is 1.85. The van der Waals surface area contributed by atoms with E-state index >= 15 is 0 Å². The third-order valence-corrected chi connectivity index (χ3v) is 4.25. The van der Waals surface area contributed by atoms with Crippen LogP contribution in [0.3, 0.4) is 0 Å². The SMILES string of the molecule is CCCC1(C(=O)NC(C)c2nncn2C)CCNCC1. The second kappa shape index (κ2) is 6.35. The fourth-order valence-corrected chi connectivity index (χ4v) is 3.07. The topological polar surface area (TPSA) is 71.8 Å². The number of piperidine rings is 1. The van der Waals surface area contributed by atoms with Crippen LogP contribution in [-0.4, -0.2) is 33.8 Å². The molecule has 0 bridgehead atoms. The minimum Gasteiger partial charge on any atom is -0.346 e. The molecule has 1 aromatic heterocycles. The summed E-state index contributed by atoms with van der Waals surface area (Å²) in [6.07, 6.45) is 5.47. The van der Waals surface area contributed by atoms with E-state index in [0.29, 0.717) is 0 Å². The number of hydrogen-bond donors (Lipinski definition) is 2. The van der Waals surface area contributed by atoms with Crippen molar-refractivity contribution in [3.8, 4) is 0 Å². The van der Waals surface area contributed by atoms with E-state index in [1.54, 1.807) is 6.33 Å². The molecule has 1 unspecified atom stereocenters. The van der Waals surface area contributed by atoms with Gasteiger partial charge in [0.05, 0.1) is 11.5 Å². The highest BCUT2D eigenvalue weighted by Crippen LogP contribution is 2.34. The third-order valence-electron chi connectivity index (χ3n) is 4.25. The van der Waals surface area contributed by atoms with Gasteiger partial charge in [0.2, 0.25) is 5.91 Å². The van der Waals surface area contributed by atoms with Crippen LogP contribution >= 0.6 is 0 Å². The first-order valence-electron chi connectivity index (χ1n) is 7.44. The highest BCUT2D eigenvalue weighted by atomic mass is 16.2. The molecule has 6 heteroatoms. The van der Waals surface area contributed by atoms with Gasteiger partial charge >= 0.3 is 0 Å². The van der Waals surface area contributed by atoms with Gasteiger partial charge < -0.3 is 15.2 Å². The van der Waals surface area contributed by atoms with Crippen molar-refractivity contribution in [2.24, 2.45) is 12.5 Å². The van der Waals surface area contributed by atoms with Crippen LogP contribution in [0.4, 0.5) is 0 Å². The highest BCUT2D eigenvalue weighted by Gasteiger charge is 2.39. The third kappa shape index (κ3) is 3.00. The molecule has 1 amide bonds. The second-order valence-electron chi connectivity index (χ2n) is 5.78. The Morgan fingerprint density at radius 2 is 2.25 bits per heavy atom. The van der Waals surface area contributed by atoms with E-state index in [0.717, 1.165) is 44.6 Å². The van der Waals surface area contributed by atoms with Gasteiger partial charge in [0.15, 0.2) is 5.82 Å². The summed E-state index contributed by atoms with van der Waals surface area (Å²) in [5, 5.41) is 14.4. The van der Waals surface area contributed by atoms with Crippen LogP contribution in [0.1, 0.15) is 51.4 Å². The number of aryl methyl sites for hydroxylation is 1. The standard InChI is InChI=1S/C14H25N5O/c1-4-5-14(6-8-15-9-7-14)13(20)17-11(2)12-18-16-10-19(12)3/h10-11,15H,4-9H2,1-3H3,(H,17,20). The quantitative estimate of drug-likeness (QED) is 0.848. The number of aromatic nitrogens is 3. The molecular formula is C14H25N5O. The molecule has 2 rings (SSSR count). The molecule has 6 nitrogen and oxygen atoms in total. The molecule has 0 aromatic carbocycles. The van der Waals surface area contributed by atoms with Crippen LogP contribution in [0.5, 0.6) is 0 Å². The van der Waals surface area contributed by atoms with Crippen molar-refractivity contribution in [1.29, 1.82) is 0 Å². The summed E-state index contributed by atoms with van der Waals surface area (Å²) in [5.41, 5.74) is -0.215. The van der Waals surface area contributed by atoms with E-state index in [9.17, 15) is 4.79 Å². The van der Waals surface area contributed by atoms with E-state index in [4.69, 9.17) is 0 Å². The Balaban J connectivity index is 2.07. The summed E-state index contributed by atoms with van der Waals surface area (Å²) in [7, 11) is 1.89. The number of nitrogens with one attached hydrogen (secondary N) is 2. The molecule has 0 radical (unpaired) electrons. The van der Waals surface area contributed by atoms with Crippen molar-refractivity contribution in [3.63, 3.8) is 0 Å². The van der Waals surface area contributed by atoms with Crippen molar-refractivity contribution in [2.75, 3.05) is 13.1 Å². The van der Waals surface area contributed by atoms with E-state index in [2.05, 4.69) is 27.8 Å². The van der Waals surface area contributed by atoms with Crippen molar-refractivity contribution in [1.82, 2.24) is 25.4 Å². The van der Waals surface area contributed by atoms with Crippen LogP contribution in [0.15, 0.2) is 6.33 Å². The summed E-state index contributed by atoms with van der Waals surface area (Å²) in [5.74, 6) is 0.954. The van der Waals surface area contributed by atoms with Crippen LogP contribution < -0.4 is 10.6 Å². The smallest absolute Gasteiger partial charge is 0.226 e. The van der Waals surface area contributed by atoms with E-state index in [1.165, 1.54) is 0 Å². The molecule has 1 saturated heterocycles. The van der Waals surface area contributed by atoms with Crippen molar-refractivity contribution >= 4 is 5.91 Å². The second-order valence-corrected chi connectivity index (χ2v) is 5.78. The first kappa shape index (κ1) is 15.0.